The molecule has 0 bridgehead atoms. The Hall–Kier alpha value is -1.74. The lowest BCUT2D eigenvalue weighted by Gasteiger charge is -2.38. The van der Waals surface area contributed by atoms with Gasteiger partial charge in [0.25, 0.3) is 11.8 Å². The van der Waals surface area contributed by atoms with Gasteiger partial charge in [0.05, 0.1) is 0 Å². The van der Waals surface area contributed by atoms with E-state index in [1.807, 2.05) is 25.3 Å². The summed E-state index contributed by atoms with van der Waals surface area (Å²) in [7, 11) is 0. The SMILES string of the molecule is CSc1ccc(C)c(C(=O)N2CCN(C(=O)C(C)(O)C(F)(F)F)CC2)c1. The number of carbonyl (C=O) groups is 2. The lowest BCUT2D eigenvalue weighted by Crippen LogP contribution is -2.60. The van der Waals surface area contributed by atoms with E-state index in [-0.39, 0.29) is 32.1 Å². The van der Waals surface area contributed by atoms with Gasteiger partial charge in [-0.05, 0) is 37.8 Å². The largest absolute Gasteiger partial charge is 0.426 e. The Morgan fingerprint density at radius 2 is 1.65 bits per heavy atom. The van der Waals surface area contributed by atoms with Crippen molar-refractivity contribution >= 4 is 23.6 Å². The topological polar surface area (TPSA) is 60.9 Å². The zero-order valence-electron chi connectivity index (χ0n) is 14.8. The predicted octanol–water partition coefficient (Wildman–Crippen LogP) is 2.31. The summed E-state index contributed by atoms with van der Waals surface area (Å²) in [6.45, 7) is 2.38. The van der Waals surface area contributed by atoms with E-state index in [1.165, 1.54) is 16.7 Å². The van der Waals surface area contributed by atoms with Crippen molar-refractivity contribution in [3.63, 3.8) is 0 Å². The Morgan fingerprint density at radius 1 is 1.12 bits per heavy atom. The molecule has 1 unspecified atom stereocenters. The van der Waals surface area contributed by atoms with Crippen molar-refractivity contribution in [1.82, 2.24) is 9.80 Å². The Labute approximate surface area is 154 Å². The normalized spacial score (nSPS) is 17.8. The number of alkyl halides is 3. The van der Waals surface area contributed by atoms with Crippen LogP contribution in [0.4, 0.5) is 13.2 Å². The highest BCUT2D eigenvalue weighted by Gasteiger charge is 2.57. The van der Waals surface area contributed by atoms with Crippen LogP contribution in [0.3, 0.4) is 0 Å². The predicted molar refractivity (Wildman–Crippen MR) is 92.1 cm³/mol. The van der Waals surface area contributed by atoms with Crippen molar-refractivity contribution in [3.8, 4) is 0 Å². The minimum atomic E-state index is -5.05. The minimum absolute atomic E-state index is 0.0575. The summed E-state index contributed by atoms with van der Waals surface area (Å²) in [6.07, 6.45) is -3.15. The van der Waals surface area contributed by atoms with Gasteiger partial charge in [0, 0.05) is 36.6 Å². The molecule has 1 aromatic rings. The van der Waals surface area contributed by atoms with Crippen molar-refractivity contribution in [2.24, 2.45) is 0 Å². The first-order valence-electron chi connectivity index (χ1n) is 8.01. The van der Waals surface area contributed by atoms with Crippen LogP contribution in [0.25, 0.3) is 0 Å². The highest BCUT2D eigenvalue weighted by atomic mass is 32.2. The Kier molecular flexibility index (Phi) is 5.92. The van der Waals surface area contributed by atoms with E-state index in [0.717, 1.165) is 15.4 Å². The van der Waals surface area contributed by atoms with Gasteiger partial charge in [0.2, 0.25) is 5.60 Å². The number of carbonyl (C=O) groups excluding carboxylic acids is 2. The zero-order chi connectivity index (χ0) is 19.7. The molecule has 1 heterocycles. The molecule has 0 aromatic heterocycles. The van der Waals surface area contributed by atoms with Crippen LogP contribution in [0.15, 0.2) is 23.1 Å². The van der Waals surface area contributed by atoms with E-state index < -0.39 is 17.7 Å². The molecule has 1 aromatic carbocycles. The summed E-state index contributed by atoms with van der Waals surface area (Å²) in [5.74, 6) is -1.61. The average Bonchev–Trinajstić information content (AvgIpc) is 2.60. The maximum Gasteiger partial charge on any atom is 0.426 e. The molecule has 1 aliphatic rings. The first kappa shape index (κ1) is 20.6. The van der Waals surface area contributed by atoms with Gasteiger partial charge >= 0.3 is 6.18 Å². The van der Waals surface area contributed by atoms with Gasteiger partial charge in [-0.25, -0.2) is 0 Å². The molecule has 0 saturated carbocycles. The molecule has 9 heteroatoms. The van der Waals surface area contributed by atoms with E-state index in [0.29, 0.717) is 12.5 Å². The lowest BCUT2D eigenvalue weighted by molar-refractivity contribution is -0.250. The van der Waals surface area contributed by atoms with Crippen LogP contribution in [0.2, 0.25) is 0 Å². The molecule has 2 amide bonds. The molecule has 1 N–H and O–H groups in total. The molecule has 0 spiro atoms. The van der Waals surface area contributed by atoms with E-state index >= 15 is 0 Å². The number of hydrogen-bond donors (Lipinski definition) is 1. The van der Waals surface area contributed by atoms with E-state index in [9.17, 15) is 27.9 Å². The van der Waals surface area contributed by atoms with Gasteiger partial charge in [-0.1, -0.05) is 6.07 Å². The average molecular weight is 390 g/mol. The fourth-order valence-electron chi connectivity index (χ4n) is 2.67. The molecule has 1 atom stereocenters. The molecule has 1 saturated heterocycles. The third kappa shape index (κ3) is 3.98. The van der Waals surface area contributed by atoms with Crippen LogP contribution in [0.1, 0.15) is 22.8 Å². The van der Waals surface area contributed by atoms with Crippen molar-refractivity contribution in [3.05, 3.63) is 29.3 Å². The summed E-state index contributed by atoms with van der Waals surface area (Å²) in [5, 5.41) is 9.52. The number of halogens is 3. The molecule has 1 fully saturated rings. The number of aryl methyl sites for hydroxylation is 1. The number of benzene rings is 1. The number of amides is 2. The molecule has 144 valence electrons. The fourth-order valence-corrected chi connectivity index (χ4v) is 3.11. The highest BCUT2D eigenvalue weighted by molar-refractivity contribution is 7.98. The molecule has 0 radical (unpaired) electrons. The van der Waals surface area contributed by atoms with E-state index in [1.54, 1.807) is 6.07 Å². The maximum absolute atomic E-state index is 12.8. The minimum Gasteiger partial charge on any atom is -0.373 e. The number of nitrogens with zero attached hydrogens (tertiary/aromatic N) is 2. The number of hydrogen-bond acceptors (Lipinski definition) is 4. The third-order valence-corrected chi connectivity index (χ3v) is 5.22. The second-order valence-corrected chi connectivity index (χ2v) is 7.21. The molecule has 1 aliphatic heterocycles. The van der Waals surface area contributed by atoms with Crippen LogP contribution in [-0.2, 0) is 4.79 Å². The molecular formula is C17H21F3N2O3S. The van der Waals surface area contributed by atoms with Crippen LogP contribution < -0.4 is 0 Å². The lowest BCUT2D eigenvalue weighted by atomic mass is 10.0. The summed E-state index contributed by atoms with van der Waals surface area (Å²) in [4.78, 5) is 28.1. The number of rotatable bonds is 3. The second kappa shape index (κ2) is 7.48. The van der Waals surface area contributed by atoms with Crippen molar-refractivity contribution < 1.29 is 27.9 Å². The van der Waals surface area contributed by atoms with Crippen molar-refractivity contribution in [1.29, 1.82) is 0 Å². The molecular weight excluding hydrogens is 369 g/mol. The first-order chi connectivity index (χ1) is 12.0. The fraction of sp³-hybridized carbons (Fsp3) is 0.529. The van der Waals surface area contributed by atoms with Crippen molar-refractivity contribution in [2.75, 3.05) is 32.4 Å². The maximum atomic E-state index is 12.8. The molecule has 5 nitrogen and oxygen atoms in total. The van der Waals surface area contributed by atoms with Gasteiger partial charge in [-0.2, -0.15) is 13.2 Å². The monoisotopic (exact) mass is 390 g/mol. The second-order valence-electron chi connectivity index (χ2n) is 6.34. The summed E-state index contributed by atoms with van der Waals surface area (Å²) < 4.78 is 38.5. The summed E-state index contributed by atoms with van der Waals surface area (Å²) in [5.41, 5.74) is -2.08. The number of aliphatic hydroxyl groups is 1. The molecule has 2 rings (SSSR count). The number of piperazine rings is 1. The van der Waals surface area contributed by atoms with Crippen LogP contribution in [-0.4, -0.2) is 70.9 Å². The van der Waals surface area contributed by atoms with Crippen LogP contribution in [0.5, 0.6) is 0 Å². The van der Waals surface area contributed by atoms with Crippen LogP contribution in [0, 0.1) is 6.92 Å². The van der Waals surface area contributed by atoms with Gasteiger partial charge in [-0.3, -0.25) is 9.59 Å². The standard InChI is InChI=1S/C17H21F3N2O3S/c1-11-4-5-12(26-3)10-13(11)14(23)21-6-8-22(9-7-21)15(24)16(2,25)17(18,19)20/h4-5,10,25H,6-9H2,1-3H3. The van der Waals surface area contributed by atoms with Gasteiger partial charge in [0.1, 0.15) is 0 Å². The smallest absolute Gasteiger partial charge is 0.373 e. The molecule has 0 aliphatic carbocycles. The zero-order valence-corrected chi connectivity index (χ0v) is 15.6. The third-order valence-electron chi connectivity index (χ3n) is 4.50. The van der Waals surface area contributed by atoms with E-state index in [2.05, 4.69) is 0 Å². The Morgan fingerprint density at radius 3 is 2.15 bits per heavy atom. The van der Waals surface area contributed by atoms with Gasteiger partial charge in [0.15, 0.2) is 0 Å². The van der Waals surface area contributed by atoms with Crippen LogP contribution >= 0.6 is 11.8 Å². The van der Waals surface area contributed by atoms with Gasteiger partial charge < -0.3 is 14.9 Å². The number of thioether (sulfide) groups is 1. The highest BCUT2D eigenvalue weighted by Crippen LogP contribution is 2.32. The summed E-state index contributed by atoms with van der Waals surface area (Å²) in [6, 6.07) is 5.54. The van der Waals surface area contributed by atoms with E-state index in [4.69, 9.17) is 0 Å². The van der Waals surface area contributed by atoms with Gasteiger partial charge in [-0.15, -0.1) is 11.8 Å². The van der Waals surface area contributed by atoms with Crippen molar-refractivity contribution in [2.45, 2.75) is 30.5 Å². The first-order valence-corrected chi connectivity index (χ1v) is 9.24. The summed E-state index contributed by atoms with van der Waals surface area (Å²) >= 11 is 1.51. The quantitative estimate of drug-likeness (QED) is 0.805. The Bertz CT molecular complexity index is 699. The molecule has 26 heavy (non-hydrogen) atoms. The Balaban J connectivity index is 2.07.